The molecule has 1 aliphatic carbocycles. The lowest BCUT2D eigenvalue weighted by molar-refractivity contribution is 0.310. The molecule has 164 valence electrons. The van der Waals surface area contributed by atoms with Gasteiger partial charge in [0.2, 0.25) is 11.8 Å². The molecule has 0 bridgehead atoms. The Bertz CT molecular complexity index is 1180. The number of nitrogens with zero attached hydrogens (tertiary/aromatic N) is 4. The maximum atomic E-state index is 12.8. The molecule has 0 saturated heterocycles. The van der Waals surface area contributed by atoms with Gasteiger partial charge in [-0.05, 0) is 31.4 Å². The van der Waals surface area contributed by atoms with Crippen LogP contribution < -0.4 is 9.46 Å². The van der Waals surface area contributed by atoms with Gasteiger partial charge in [-0.3, -0.25) is 4.68 Å². The number of aryl methyl sites for hydroxylation is 2. The van der Waals surface area contributed by atoms with Gasteiger partial charge in [0.1, 0.15) is 10.6 Å². The van der Waals surface area contributed by atoms with Gasteiger partial charge < -0.3 is 4.74 Å². The first-order chi connectivity index (χ1) is 14.7. The summed E-state index contributed by atoms with van der Waals surface area (Å²) in [6.45, 7) is 4.12. The summed E-state index contributed by atoms with van der Waals surface area (Å²) in [4.78, 5) is 9.01. The predicted octanol–water partition coefficient (Wildman–Crippen LogP) is 4.33. The number of para-hydroxylation sites is 1. The molecule has 1 N–H and O–H groups in total. The molecule has 1 aliphatic rings. The molecule has 0 aliphatic heterocycles. The van der Waals surface area contributed by atoms with Crippen LogP contribution in [0.2, 0.25) is 0 Å². The third-order valence-corrected chi connectivity index (χ3v) is 7.09. The summed E-state index contributed by atoms with van der Waals surface area (Å²) in [6.07, 6.45) is 8.13. The maximum Gasteiger partial charge on any atom is 0.267 e. The molecule has 9 heteroatoms. The zero-order valence-electron chi connectivity index (χ0n) is 18.0. The van der Waals surface area contributed by atoms with Gasteiger partial charge in [0.05, 0.1) is 11.9 Å². The van der Waals surface area contributed by atoms with E-state index in [1.807, 2.05) is 37.3 Å². The highest BCUT2D eigenvalue weighted by Gasteiger charge is 2.32. The highest BCUT2D eigenvalue weighted by Crippen LogP contribution is 2.39. The molecule has 8 nitrogen and oxygen atoms in total. The minimum Gasteiger partial charge on any atom is -0.439 e. The Morgan fingerprint density at radius 2 is 1.87 bits per heavy atom. The van der Waals surface area contributed by atoms with E-state index in [0.29, 0.717) is 11.6 Å². The molecule has 31 heavy (non-hydrogen) atoms. The standard InChI is InChI=1S/C22H27N5O3S/c1-16-9-5-6-10-18(16)30-20-13-19(22(2)11-7-4-8-12-22)24-21(25-20)26-31(28,29)17-14-23-27(3)15-17/h5-6,9-10,13-15H,4,7-8,11-12H2,1-3H3,(H,24,25,26). The number of hydrogen-bond donors (Lipinski definition) is 1. The maximum absolute atomic E-state index is 12.8. The fourth-order valence-corrected chi connectivity index (χ4v) is 4.85. The SMILES string of the molecule is Cc1ccccc1Oc1cc(C2(C)CCCCC2)nc(NS(=O)(=O)c2cnn(C)c2)n1. The predicted molar refractivity (Wildman–Crippen MR) is 118 cm³/mol. The van der Waals surface area contributed by atoms with E-state index in [-0.39, 0.29) is 16.3 Å². The Morgan fingerprint density at radius 3 is 2.55 bits per heavy atom. The van der Waals surface area contributed by atoms with E-state index < -0.39 is 10.0 Å². The molecule has 0 amide bonds. The van der Waals surface area contributed by atoms with Crippen molar-refractivity contribution in [3.05, 3.63) is 54.0 Å². The normalized spacial score (nSPS) is 16.1. The van der Waals surface area contributed by atoms with Gasteiger partial charge in [-0.2, -0.15) is 10.1 Å². The quantitative estimate of drug-likeness (QED) is 0.611. The van der Waals surface area contributed by atoms with Gasteiger partial charge in [0.25, 0.3) is 10.0 Å². The number of anilines is 1. The zero-order valence-corrected chi connectivity index (χ0v) is 18.8. The van der Waals surface area contributed by atoms with Crippen LogP contribution in [0.3, 0.4) is 0 Å². The summed E-state index contributed by atoms with van der Waals surface area (Å²) < 4.78 is 35.6. The number of sulfonamides is 1. The van der Waals surface area contributed by atoms with Gasteiger partial charge in [-0.25, -0.2) is 18.1 Å². The lowest BCUT2D eigenvalue weighted by Crippen LogP contribution is -2.27. The molecule has 2 heterocycles. The number of benzene rings is 1. The average Bonchev–Trinajstić information content (AvgIpc) is 3.17. The first-order valence-electron chi connectivity index (χ1n) is 10.4. The minimum atomic E-state index is -3.87. The molecule has 0 unspecified atom stereocenters. The summed E-state index contributed by atoms with van der Waals surface area (Å²) in [5, 5.41) is 3.94. The van der Waals surface area contributed by atoms with Gasteiger partial charge >= 0.3 is 0 Å². The summed E-state index contributed by atoms with van der Waals surface area (Å²) in [5.74, 6) is 0.980. The van der Waals surface area contributed by atoms with Crippen molar-refractivity contribution in [2.24, 2.45) is 7.05 Å². The third kappa shape index (κ3) is 4.71. The second kappa shape index (κ2) is 8.30. The molecule has 1 saturated carbocycles. The largest absolute Gasteiger partial charge is 0.439 e. The van der Waals surface area contributed by atoms with Crippen LogP contribution in [0, 0.1) is 6.92 Å². The van der Waals surface area contributed by atoms with Crippen molar-refractivity contribution < 1.29 is 13.2 Å². The Hall–Kier alpha value is -2.94. The van der Waals surface area contributed by atoms with E-state index in [1.54, 1.807) is 7.05 Å². The smallest absolute Gasteiger partial charge is 0.267 e. The van der Waals surface area contributed by atoms with Crippen LogP contribution in [-0.2, 0) is 22.5 Å². The van der Waals surface area contributed by atoms with Gasteiger partial charge in [0, 0.05) is 24.7 Å². The third-order valence-electron chi connectivity index (χ3n) is 5.80. The molecule has 1 aromatic carbocycles. The molecule has 1 fully saturated rings. The van der Waals surface area contributed by atoms with Crippen LogP contribution >= 0.6 is 0 Å². The molecule has 3 aromatic rings. The number of rotatable bonds is 6. The first-order valence-corrected chi connectivity index (χ1v) is 11.9. The lowest BCUT2D eigenvalue weighted by atomic mass is 9.73. The molecule has 0 atom stereocenters. The number of nitrogens with one attached hydrogen (secondary N) is 1. The molecule has 0 spiro atoms. The van der Waals surface area contributed by atoms with E-state index in [1.165, 1.54) is 23.5 Å². The van der Waals surface area contributed by atoms with Gasteiger partial charge in [0.15, 0.2) is 0 Å². The zero-order chi connectivity index (χ0) is 22.1. The second-order valence-corrected chi connectivity index (χ2v) is 10.0. The topological polar surface area (TPSA) is 99.0 Å². The molecule has 2 aromatic heterocycles. The Labute approximate surface area is 182 Å². The minimum absolute atomic E-state index is 0.00302. The number of aromatic nitrogens is 4. The lowest BCUT2D eigenvalue weighted by Gasteiger charge is -2.33. The van der Waals surface area contributed by atoms with Crippen molar-refractivity contribution >= 4 is 16.0 Å². The average molecular weight is 442 g/mol. The molecule has 0 radical (unpaired) electrons. The van der Waals surface area contributed by atoms with E-state index >= 15 is 0 Å². The Kier molecular flexibility index (Phi) is 5.70. The first kappa shape index (κ1) is 21.3. The Morgan fingerprint density at radius 1 is 1.13 bits per heavy atom. The van der Waals surface area contributed by atoms with Crippen LogP contribution in [0.4, 0.5) is 5.95 Å². The van der Waals surface area contributed by atoms with Crippen molar-refractivity contribution in [2.45, 2.75) is 56.3 Å². The summed E-state index contributed by atoms with van der Waals surface area (Å²) in [6, 6.07) is 9.47. The van der Waals surface area contributed by atoms with E-state index in [9.17, 15) is 8.42 Å². The van der Waals surface area contributed by atoms with Crippen molar-refractivity contribution in [3.63, 3.8) is 0 Å². The van der Waals surface area contributed by atoms with Crippen LogP contribution in [-0.4, -0.2) is 28.2 Å². The van der Waals surface area contributed by atoms with E-state index in [4.69, 9.17) is 4.74 Å². The van der Waals surface area contributed by atoms with Crippen molar-refractivity contribution in [1.29, 1.82) is 0 Å². The fourth-order valence-electron chi connectivity index (χ4n) is 3.92. The van der Waals surface area contributed by atoms with Gasteiger partial charge in [-0.1, -0.05) is 44.4 Å². The summed E-state index contributed by atoms with van der Waals surface area (Å²) in [5.41, 5.74) is 1.60. The highest BCUT2D eigenvalue weighted by atomic mass is 32.2. The van der Waals surface area contributed by atoms with Gasteiger partial charge in [-0.15, -0.1) is 0 Å². The van der Waals surface area contributed by atoms with Crippen molar-refractivity contribution in [2.75, 3.05) is 4.72 Å². The Balaban J connectivity index is 1.73. The highest BCUT2D eigenvalue weighted by molar-refractivity contribution is 7.92. The van der Waals surface area contributed by atoms with Crippen LogP contribution in [0.5, 0.6) is 11.6 Å². The van der Waals surface area contributed by atoms with E-state index in [2.05, 4.69) is 26.7 Å². The monoisotopic (exact) mass is 441 g/mol. The number of hydrogen-bond acceptors (Lipinski definition) is 6. The summed E-state index contributed by atoms with van der Waals surface area (Å²) in [7, 11) is -2.21. The van der Waals surface area contributed by atoms with Crippen LogP contribution in [0.15, 0.2) is 47.6 Å². The summed E-state index contributed by atoms with van der Waals surface area (Å²) >= 11 is 0. The van der Waals surface area contributed by atoms with E-state index in [0.717, 1.165) is 36.9 Å². The van der Waals surface area contributed by atoms with Crippen LogP contribution in [0.25, 0.3) is 0 Å². The molecular weight excluding hydrogens is 414 g/mol. The van der Waals surface area contributed by atoms with Crippen molar-refractivity contribution in [3.8, 4) is 11.6 Å². The van der Waals surface area contributed by atoms with Crippen molar-refractivity contribution in [1.82, 2.24) is 19.7 Å². The fraction of sp³-hybridized carbons (Fsp3) is 0.409. The molecular formula is C22H27N5O3S. The number of ether oxygens (including phenoxy) is 1. The second-order valence-electron chi connectivity index (χ2n) is 8.36. The molecule has 4 rings (SSSR count). The van der Waals surface area contributed by atoms with Crippen LogP contribution in [0.1, 0.15) is 50.3 Å².